The van der Waals surface area contributed by atoms with Crippen LogP contribution in [0.2, 0.25) is 0 Å². The summed E-state index contributed by atoms with van der Waals surface area (Å²) in [6.07, 6.45) is 10.2. The van der Waals surface area contributed by atoms with E-state index in [1.165, 1.54) is 30.5 Å². The van der Waals surface area contributed by atoms with Crippen molar-refractivity contribution < 1.29 is 29.9 Å². The Morgan fingerprint density at radius 2 is 1.48 bits per heavy atom. The number of nitrogens with two attached hydrogens (primary N) is 1. The number of anilines is 1. The minimum atomic E-state index is -1.50. The van der Waals surface area contributed by atoms with Crippen molar-refractivity contribution in [3.63, 3.8) is 0 Å². The number of aliphatic carboxylic acids is 1. The zero-order valence-electron chi connectivity index (χ0n) is 27.4. The van der Waals surface area contributed by atoms with Crippen molar-refractivity contribution in [1.29, 1.82) is 0 Å². The normalized spacial score (nSPS) is 11.1. The number of rotatable bonds is 17. The molecule has 0 aliphatic heterocycles. The summed E-state index contributed by atoms with van der Waals surface area (Å²) in [7, 11) is 0. The molecule has 46 heavy (non-hydrogen) atoms. The van der Waals surface area contributed by atoms with Crippen LogP contribution in [0.4, 0.5) is 10.1 Å². The molecule has 0 fully saturated rings. The summed E-state index contributed by atoms with van der Waals surface area (Å²) < 4.78 is 13.9. The van der Waals surface area contributed by atoms with Crippen LogP contribution in [0.15, 0.2) is 66.7 Å². The van der Waals surface area contributed by atoms with E-state index in [0.29, 0.717) is 18.7 Å². The highest BCUT2D eigenvalue weighted by Crippen LogP contribution is 2.22. The third kappa shape index (κ3) is 14.3. The third-order valence-electron chi connectivity index (χ3n) is 7.60. The second kappa shape index (κ2) is 21.5. The van der Waals surface area contributed by atoms with Gasteiger partial charge in [-0.2, -0.15) is 0 Å². The first-order chi connectivity index (χ1) is 22.2. The van der Waals surface area contributed by atoms with E-state index in [0.717, 1.165) is 74.7 Å². The molecular formula is C38H50FN3O4. The van der Waals surface area contributed by atoms with Gasteiger partial charge < -0.3 is 31.4 Å². The van der Waals surface area contributed by atoms with Crippen LogP contribution in [0.5, 0.6) is 0 Å². The Morgan fingerprint density at radius 3 is 2.02 bits per heavy atom. The quantitative estimate of drug-likeness (QED) is 0.136. The van der Waals surface area contributed by atoms with E-state index in [9.17, 15) is 19.1 Å². The summed E-state index contributed by atoms with van der Waals surface area (Å²) in [6.45, 7) is 6.57. The number of aromatic carboxylic acids is 1. The van der Waals surface area contributed by atoms with E-state index in [1.54, 1.807) is 6.07 Å². The molecule has 1 atom stereocenters. The van der Waals surface area contributed by atoms with E-state index in [-0.39, 0.29) is 0 Å². The predicted molar refractivity (Wildman–Crippen MR) is 181 cm³/mol. The highest BCUT2D eigenvalue weighted by Gasteiger charge is 2.12. The molecule has 0 saturated heterocycles. The molecule has 0 saturated carbocycles. The standard InChI is InChI=1S/C32H36FNO2.C6H14N2O2/c1-3-5-7-8-22-34(29-20-21-31(33)30(23-29)32(35)36)24-28-18-16-27(17-19-28)15-14-26-12-10-25(11-13-26)9-6-4-2;7-4-2-1-3-5(8)6(9)10/h10-13,16-21,23H,3-9,22,24H2,1-2H3,(H,35,36);5H,1-4,7-8H2,(H,9,10)/t;5-/m.0/s1. The molecule has 3 aromatic carbocycles. The Kier molecular flexibility index (Phi) is 17.8. The molecule has 0 amide bonds. The van der Waals surface area contributed by atoms with Gasteiger partial charge in [0.1, 0.15) is 11.9 Å². The van der Waals surface area contributed by atoms with E-state index in [2.05, 4.69) is 60.6 Å². The highest BCUT2D eigenvalue weighted by atomic mass is 19.1. The maximum atomic E-state index is 13.9. The van der Waals surface area contributed by atoms with Crippen LogP contribution in [0.3, 0.4) is 0 Å². The van der Waals surface area contributed by atoms with Crippen molar-refractivity contribution in [2.75, 3.05) is 18.0 Å². The molecule has 6 N–H and O–H groups in total. The van der Waals surface area contributed by atoms with E-state index < -0.39 is 29.4 Å². The van der Waals surface area contributed by atoms with Crippen molar-refractivity contribution in [2.24, 2.45) is 5.73 Å². The monoisotopic (exact) mass is 631 g/mol. The molecule has 0 aliphatic rings. The van der Waals surface area contributed by atoms with Crippen LogP contribution < -0.4 is 21.5 Å². The molecule has 0 spiro atoms. The van der Waals surface area contributed by atoms with Gasteiger partial charge in [-0.25, -0.2) is 4.39 Å². The second-order valence-electron chi connectivity index (χ2n) is 11.5. The number of carboxylic acid groups (broad SMARTS) is 2. The van der Waals surface area contributed by atoms with Crippen LogP contribution in [0.1, 0.15) is 104 Å². The molecule has 0 radical (unpaired) electrons. The fraction of sp³-hybridized carbons (Fsp3) is 0.421. The molecule has 3 rings (SSSR count). The fourth-order valence-corrected chi connectivity index (χ4v) is 4.75. The number of carbonyl (C=O) groups excluding carboxylic acids is 1. The molecular weight excluding hydrogens is 581 g/mol. The summed E-state index contributed by atoms with van der Waals surface area (Å²) in [4.78, 5) is 23.6. The second-order valence-corrected chi connectivity index (χ2v) is 11.5. The Morgan fingerprint density at radius 1 is 0.870 bits per heavy atom. The van der Waals surface area contributed by atoms with Gasteiger partial charge in [-0.05, 0) is 92.1 Å². The SMILES string of the molecule is CCCCCCN(Cc1ccc(C#Cc2ccc(CCCC)cc2)cc1)c1ccc(F)c(C(=O)[O-])c1.N[C@@H](CCCC[NH3+])C(=O)O. The molecule has 7 nitrogen and oxygen atoms in total. The van der Waals surface area contributed by atoms with E-state index in [4.69, 9.17) is 10.8 Å². The molecule has 248 valence electrons. The number of nitrogens with zero attached hydrogens (tertiary/aromatic N) is 1. The number of aryl methyl sites for hydroxylation is 1. The van der Waals surface area contributed by atoms with Crippen molar-refractivity contribution in [3.05, 3.63) is 100 Å². The molecule has 0 unspecified atom stereocenters. The van der Waals surface area contributed by atoms with E-state index in [1.807, 2.05) is 24.3 Å². The van der Waals surface area contributed by atoms with Gasteiger partial charge in [0.25, 0.3) is 0 Å². The van der Waals surface area contributed by atoms with Crippen molar-refractivity contribution in [1.82, 2.24) is 0 Å². The summed E-state index contributed by atoms with van der Waals surface area (Å²) >= 11 is 0. The van der Waals surface area contributed by atoms with Gasteiger partial charge in [0.05, 0.1) is 12.5 Å². The predicted octanol–water partition coefficient (Wildman–Crippen LogP) is 5.33. The zero-order chi connectivity index (χ0) is 33.7. The number of hydrogen-bond acceptors (Lipinski definition) is 5. The highest BCUT2D eigenvalue weighted by molar-refractivity contribution is 5.87. The topological polar surface area (TPSA) is 134 Å². The lowest BCUT2D eigenvalue weighted by atomic mass is 10.1. The number of carbonyl (C=O) groups is 2. The lowest BCUT2D eigenvalue weighted by Crippen LogP contribution is -2.50. The summed E-state index contributed by atoms with van der Waals surface area (Å²) in [5.74, 6) is 3.28. The van der Waals surface area contributed by atoms with Crippen molar-refractivity contribution in [3.8, 4) is 11.8 Å². The summed E-state index contributed by atoms with van der Waals surface area (Å²) in [5, 5.41) is 19.7. The number of carboxylic acids is 2. The Balaban J connectivity index is 0.000000634. The van der Waals surface area contributed by atoms with Gasteiger partial charge in [0.15, 0.2) is 0 Å². The minimum Gasteiger partial charge on any atom is -0.545 e. The number of halogens is 1. The third-order valence-corrected chi connectivity index (χ3v) is 7.60. The Hall–Kier alpha value is -4.19. The lowest BCUT2D eigenvalue weighted by molar-refractivity contribution is -0.368. The fourth-order valence-electron chi connectivity index (χ4n) is 4.75. The van der Waals surface area contributed by atoms with Crippen LogP contribution in [-0.2, 0) is 17.8 Å². The first kappa shape index (κ1) is 38.0. The average Bonchev–Trinajstić information content (AvgIpc) is 3.05. The number of unbranched alkanes of at least 4 members (excludes halogenated alkanes) is 5. The van der Waals surface area contributed by atoms with Gasteiger partial charge in [0, 0.05) is 35.5 Å². The van der Waals surface area contributed by atoms with Crippen LogP contribution in [0, 0.1) is 17.7 Å². The van der Waals surface area contributed by atoms with Crippen LogP contribution in [0.25, 0.3) is 0 Å². The van der Waals surface area contributed by atoms with Gasteiger partial charge in [-0.1, -0.05) is 75.6 Å². The van der Waals surface area contributed by atoms with Gasteiger partial charge in [-0.3, -0.25) is 4.79 Å². The molecule has 0 aliphatic carbocycles. The van der Waals surface area contributed by atoms with Crippen molar-refractivity contribution >= 4 is 17.6 Å². The minimum absolute atomic E-state index is 0.407. The first-order valence-corrected chi connectivity index (χ1v) is 16.4. The number of benzene rings is 3. The molecule has 0 heterocycles. The maximum absolute atomic E-state index is 13.9. The number of hydrogen-bond donors (Lipinski definition) is 3. The summed E-state index contributed by atoms with van der Waals surface area (Å²) in [6, 6.07) is 20.1. The Bertz CT molecular complexity index is 1400. The average molecular weight is 632 g/mol. The van der Waals surface area contributed by atoms with Gasteiger partial charge >= 0.3 is 5.97 Å². The van der Waals surface area contributed by atoms with E-state index >= 15 is 0 Å². The van der Waals surface area contributed by atoms with Gasteiger partial charge in [0.2, 0.25) is 0 Å². The Labute approximate surface area is 273 Å². The van der Waals surface area contributed by atoms with Gasteiger partial charge in [-0.15, -0.1) is 0 Å². The summed E-state index contributed by atoms with van der Waals surface area (Å²) in [5.41, 5.74) is 13.5. The molecule has 3 aromatic rings. The van der Waals surface area contributed by atoms with Crippen LogP contribution in [-0.4, -0.2) is 36.2 Å². The number of quaternary nitrogens is 1. The first-order valence-electron chi connectivity index (χ1n) is 16.4. The molecule has 0 aromatic heterocycles. The smallest absolute Gasteiger partial charge is 0.320 e. The maximum Gasteiger partial charge on any atom is 0.320 e. The van der Waals surface area contributed by atoms with Crippen LogP contribution >= 0.6 is 0 Å². The lowest BCUT2D eigenvalue weighted by Gasteiger charge is -2.26. The van der Waals surface area contributed by atoms with Crippen molar-refractivity contribution in [2.45, 2.75) is 90.6 Å². The largest absolute Gasteiger partial charge is 0.545 e. The molecule has 8 heteroatoms. The molecule has 0 bridgehead atoms. The zero-order valence-corrected chi connectivity index (χ0v) is 27.4.